The van der Waals surface area contributed by atoms with Crippen LogP contribution in [0.5, 0.6) is 5.19 Å². The minimum atomic E-state index is -0.251. The van der Waals surface area contributed by atoms with Crippen LogP contribution in [-0.2, 0) is 4.79 Å². The standard InChI is InChI=1S/C21H22N4O3S2/c1-13(2)28-20-22-23-21(30-20)29-12-19(26)25-17(18-5-4-10-27-18)11-16(24-25)15-8-6-14(3)7-9-15/h4-10,13,17H,11-12H2,1-3H3. The Bertz CT molecular complexity index is 1030. The minimum Gasteiger partial charge on any atom is -0.467 e. The summed E-state index contributed by atoms with van der Waals surface area (Å²) in [7, 11) is 0. The summed E-state index contributed by atoms with van der Waals surface area (Å²) in [6, 6.07) is 11.6. The third-order valence-corrected chi connectivity index (χ3v) is 6.40. The van der Waals surface area contributed by atoms with Crippen molar-refractivity contribution >= 4 is 34.7 Å². The van der Waals surface area contributed by atoms with Crippen LogP contribution in [0.15, 0.2) is 56.5 Å². The molecular weight excluding hydrogens is 420 g/mol. The van der Waals surface area contributed by atoms with Gasteiger partial charge in [0.2, 0.25) is 0 Å². The maximum Gasteiger partial charge on any atom is 0.295 e. The molecule has 0 bridgehead atoms. The van der Waals surface area contributed by atoms with Crippen molar-refractivity contribution in [3.8, 4) is 5.19 Å². The van der Waals surface area contributed by atoms with Crippen LogP contribution in [0, 0.1) is 6.92 Å². The molecule has 0 radical (unpaired) electrons. The van der Waals surface area contributed by atoms with E-state index in [1.54, 1.807) is 6.26 Å². The lowest BCUT2D eigenvalue weighted by Gasteiger charge is -2.19. The monoisotopic (exact) mass is 442 g/mol. The molecule has 2 aromatic heterocycles. The summed E-state index contributed by atoms with van der Waals surface area (Å²) in [4.78, 5) is 13.0. The van der Waals surface area contributed by atoms with Crippen LogP contribution in [0.4, 0.5) is 0 Å². The van der Waals surface area contributed by atoms with Gasteiger partial charge in [0.1, 0.15) is 11.8 Å². The van der Waals surface area contributed by atoms with E-state index in [9.17, 15) is 4.79 Å². The summed E-state index contributed by atoms with van der Waals surface area (Å²) in [6.07, 6.45) is 2.26. The summed E-state index contributed by atoms with van der Waals surface area (Å²) >= 11 is 2.67. The summed E-state index contributed by atoms with van der Waals surface area (Å²) in [5, 5.41) is 14.8. The average molecular weight is 443 g/mol. The number of carbonyl (C=O) groups excluding carboxylic acids is 1. The van der Waals surface area contributed by atoms with Crippen LogP contribution in [0.25, 0.3) is 0 Å². The Labute approximate surface area is 183 Å². The minimum absolute atomic E-state index is 0.0330. The Morgan fingerprint density at radius 3 is 2.80 bits per heavy atom. The molecule has 3 aromatic rings. The van der Waals surface area contributed by atoms with Gasteiger partial charge in [0.15, 0.2) is 4.34 Å². The molecule has 0 spiro atoms. The molecule has 30 heavy (non-hydrogen) atoms. The second-order valence-corrected chi connectivity index (χ2v) is 9.34. The second-order valence-electron chi connectivity index (χ2n) is 7.18. The molecule has 7 nitrogen and oxygen atoms in total. The topological polar surface area (TPSA) is 80.8 Å². The van der Waals surface area contributed by atoms with Gasteiger partial charge in [0.25, 0.3) is 11.1 Å². The van der Waals surface area contributed by atoms with Crippen LogP contribution in [-0.4, -0.2) is 38.7 Å². The Morgan fingerprint density at radius 1 is 1.30 bits per heavy atom. The number of hydrogen-bond donors (Lipinski definition) is 0. The maximum atomic E-state index is 13.0. The highest BCUT2D eigenvalue weighted by atomic mass is 32.2. The average Bonchev–Trinajstić information content (AvgIpc) is 3.46. The first-order valence-electron chi connectivity index (χ1n) is 9.62. The molecule has 0 saturated carbocycles. The largest absolute Gasteiger partial charge is 0.467 e. The highest BCUT2D eigenvalue weighted by Crippen LogP contribution is 2.34. The van der Waals surface area contributed by atoms with E-state index in [0.717, 1.165) is 17.0 Å². The molecule has 0 saturated heterocycles. The van der Waals surface area contributed by atoms with Crippen LogP contribution < -0.4 is 4.74 Å². The molecule has 156 valence electrons. The number of hydrogen-bond acceptors (Lipinski definition) is 8. The fraction of sp³-hybridized carbons (Fsp3) is 0.333. The predicted molar refractivity (Wildman–Crippen MR) is 117 cm³/mol. The Morgan fingerprint density at radius 2 is 2.10 bits per heavy atom. The molecule has 1 unspecified atom stereocenters. The number of furan rings is 1. The first kappa shape index (κ1) is 20.6. The van der Waals surface area contributed by atoms with E-state index in [1.165, 1.54) is 33.7 Å². The second kappa shape index (κ2) is 9.01. The van der Waals surface area contributed by atoms with Crippen molar-refractivity contribution in [2.24, 2.45) is 5.10 Å². The molecule has 4 rings (SSSR count). The van der Waals surface area contributed by atoms with Gasteiger partial charge in [0, 0.05) is 6.42 Å². The first-order valence-corrected chi connectivity index (χ1v) is 11.4. The van der Waals surface area contributed by atoms with Gasteiger partial charge in [-0.25, -0.2) is 5.01 Å². The van der Waals surface area contributed by atoms with E-state index < -0.39 is 0 Å². The van der Waals surface area contributed by atoms with Crippen LogP contribution in [0.2, 0.25) is 0 Å². The predicted octanol–water partition coefficient (Wildman–Crippen LogP) is 4.70. The van der Waals surface area contributed by atoms with Crippen LogP contribution in [0.1, 0.15) is 43.2 Å². The van der Waals surface area contributed by atoms with E-state index in [2.05, 4.69) is 15.3 Å². The molecular formula is C21H22N4O3S2. The summed E-state index contributed by atoms with van der Waals surface area (Å²) < 4.78 is 11.8. The molecule has 9 heteroatoms. The number of rotatable bonds is 7. The van der Waals surface area contributed by atoms with Crippen molar-refractivity contribution in [3.05, 3.63) is 59.5 Å². The van der Waals surface area contributed by atoms with Gasteiger partial charge in [-0.2, -0.15) is 5.10 Å². The molecule has 1 aromatic carbocycles. The van der Waals surface area contributed by atoms with Gasteiger partial charge < -0.3 is 9.15 Å². The molecule has 0 fully saturated rings. The molecule has 1 amide bonds. The van der Waals surface area contributed by atoms with Crippen molar-refractivity contribution in [2.45, 2.75) is 43.7 Å². The van der Waals surface area contributed by atoms with Gasteiger partial charge >= 0.3 is 0 Å². The molecule has 1 aliphatic heterocycles. The van der Waals surface area contributed by atoms with Crippen molar-refractivity contribution < 1.29 is 13.9 Å². The number of aryl methyl sites for hydroxylation is 1. The van der Waals surface area contributed by atoms with Crippen molar-refractivity contribution in [1.82, 2.24) is 15.2 Å². The number of aromatic nitrogens is 2. The fourth-order valence-electron chi connectivity index (χ4n) is 3.06. The van der Waals surface area contributed by atoms with E-state index in [0.29, 0.717) is 16.0 Å². The SMILES string of the molecule is Cc1ccc(C2=NN(C(=O)CSc3nnc(OC(C)C)s3)C(c3ccco3)C2)cc1. The zero-order valence-electron chi connectivity index (χ0n) is 16.9. The molecule has 0 aliphatic carbocycles. The number of carbonyl (C=O) groups is 1. The summed E-state index contributed by atoms with van der Waals surface area (Å²) in [5.74, 6) is 0.825. The van der Waals surface area contributed by atoms with Crippen molar-refractivity contribution in [2.75, 3.05) is 5.75 Å². The van der Waals surface area contributed by atoms with Gasteiger partial charge in [-0.3, -0.25) is 4.79 Å². The van der Waals surface area contributed by atoms with Crippen molar-refractivity contribution in [1.29, 1.82) is 0 Å². The zero-order valence-corrected chi connectivity index (χ0v) is 18.6. The Balaban J connectivity index is 1.49. The third kappa shape index (κ3) is 4.73. The van der Waals surface area contributed by atoms with Gasteiger partial charge in [-0.05, 0) is 49.8 Å². The molecule has 3 heterocycles. The smallest absolute Gasteiger partial charge is 0.295 e. The Kier molecular flexibility index (Phi) is 6.19. The number of benzene rings is 1. The van der Waals surface area contributed by atoms with E-state index >= 15 is 0 Å². The number of nitrogens with zero attached hydrogens (tertiary/aromatic N) is 4. The molecule has 0 N–H and O–H groups in total. The van der Waals surface area contributed by atoms with E-state index in [-0.39, 0.29) is 23.8 Å². The number of ether oxygens (including phenoxy) is 1. The molecule has 1 aliphatic rings. The first-order chi connectivity index (χ1) is 14.5. The number of amides is 1. The number of thioether (sulfide) groups is 1. The lowest BCUT2D eigenvalue weighted by molar-refractivity contribution is -0.130. The summed E-state index contributed by atoms with van der Waals surface area (Å²) in [6.45, 7) is 5.91. The quantitative estimate of drug-likeness (QED) is 0.494. The molecule has 1 atom stereocenters. The normalized spacial score (nSPS) is 16.2. The zero-order chi connectivity index (χ0) is 21.1. The third-order valence-electron chi connectivity index (χ3n) is 4.47. The number of hydrazone groups is 1. The highest BCUT2D eigenvalue weighted by molar-refractivity contribution is 8.01. The van der Waals surface area contributed by atoms with Crippen LogP contribution in [0.3, 0.4) is 0 Å². The fourth-order valence-corrected chi connectivity index (χ4v) is 4.72. The lowest BCUT2D eigenvalue weighted by atomic mass is 10.0. The van der Waals surface area contributed by atoms with E-state index in [4.69, 9.17) is 9.15 Å². The maximum absolute atomic E-state index is 13.0. The lowest BCUT2D eigenvalue weighted by Crippen LogP contribution is -2.28. The summed E-state index contributed by atoms with van der Waals surface area (Å²) in [5.41, 5.74) is 3.07. The Hall–Kier alpha value is -2.65. The van der Waals surface area contributed by atoms with Crippen LogP contribution >= 0.6 is 23.1 Å². The van der Waals surface area contributed by atoms with Crippen molar-refractivity contribution in [3.63, 3.8) is 0 Å². The van der Waals surface area contributed by atoms with E-state index in [1.807, 2.05) is 57.2 Å². The highest BCUT2D eigenvalue weighted by Gasteiger charge is 2.34. The van der Waals surface area contributed by atoms with Gasteiger partial charge in [0.05, 0.1) is 23.8 Å². The van der Waals surface area contributed by atoms with Gasteiger partial charge in [-0.15, -0.1) is 5.10 Å². The van der Waals surface area contributed by atoms with Gasteiger partial charge in [-0.1, -0.05) is 46.7 Å².